The molecule has 5 nitrogen and oxygen atoms in total. The Morgan fingerprint density at radius 1 is 1.37 bits per heavy atom. The predicted octanol–water partition coefficient (Wildman–Crippen LogP) is 1.64. The van der Waals surface area contributed by atoms with Crippen LogP contribution >= 0.6 is 0 Å². The fourth-order valence-corrected chi connectivity index (χ4v) is 1.98. The fraction of sp³-hybridized carbons (Fsp3) is 0.429. The molecule has 19 heavy (non-hydrogen) atoms. The van der Waals surface area contributed by atoms with Crippen molar-refractivity contribution in [1.29, 1.82) is 0 Å². The number of nitrogens with one attached hydrogen (secondary N) is 1. The Balaban J connectivity index is 2.10. The molecule has 102 valence electrons. The van der Waals surface area contributed by atoms with E-state index in [0.717, 1.165) is 11.3 Å². The summed E-state index contributed by atoms with van der Waals surface area (Å²) in [6, 6.07) is 7.88. The van der Waals surface area contributed by atoms with E-state index in [1.807, 2.05) is 36.1 Å². The van der Waals surface area contributed by atoms with Gasteiger partial charge in [-0.3, -0.25) is 10.2 Å². The lowest BCUT2D eigenvalue weighted by Crippen LogP contribution is -2.44. The first-order valence-corrected chi connectivity index (χ1v) is 6.41. The third kappa shape index (κ3) is 3.79. The van der Waals surface area contributed by atoms with E-state index in [0.29, 0.717) is 32.1 Å². The zero-order chi connectivity index (χ0) is 13.7. The largest absolute Gasteiger partial charge is 0.378 e. The van der Waals surface area contributed by atoms with Crippen molar-refractivity contribution >= 4 is 17.3 Å². The number of ketones is 1. The highest BCUT2D eigenvalue weighted by molar-refractivity contribution is 6.37. The number of Topliss-reactive ketones (excluding diaryl/α,β-unsaturated/α-hetero) is 1. The van der Waals surface area contributed by atoms with E-state index in [2.05, 4.69) is 10.5 Å². The molecule has 1 aliphatic heterocycles. The number of morpholine rings is 1. The van der Waals surface area contributed by atoms with Gasteiger partial charge in [0.15, 0.2) is 11.6 Å². The smallest absolute Gasteiger partial charge is 0.196 e. The number of anilines is 1. The van der Waals surface area contributed by atoms with Gasteiger partial charge in [0.2, 0.25) is 0 Å². The van der Waals surface area contributed by atoms with Crippen LogP contribution in [0.3, 0.4) is 0 Å². The van der Waals surface area contributed by atoms with E-state index in [-0.39, 0.29) is 5.78 Å². The minimum absolute atomic E-state index is 0.0398. The first-order valence-electron chi connectivity index (χ1n) is 6.41. The van der Waals surface area contributed by atoms with Crippen LogP contribution in [-0.2, 0) is 9.53 Å². The number of amidine groups is 1. The van der Waals surface area contributed by atoms with Crippen LogP contribution in [0, 0.1) is 6.92 Å². The number of hydrogen-bond acceptors (Lipinski definition) is 4. The molecule has 0 aromatic heterocycles. The molecule has 2 rings (SSSR count). The zero-order valence-corrected chi connectivity index (χ0v) is 11.3. The molecule has 1 aliphatic rings. The summed E-state index contributed by atoms with van der Waals surface area (Å²) in [6.45, 7) is 6.23. The van der Waals surface area contributed by atoms with E-state index in [1.54, 1.807) is 0 Å². The number of nitrogens with zero attached hydrogens (tertiary/aromatic N) is 2. The van der Waals surface area contributed by atoms with Crippen LogP contribution in [0.2, 0.25) is 0 Å². The second-order valence-electron chi connectivity index (χ2n) is 4.57. The molecule has 0 unspecified atom stereocenters. The van der Waals surface area contributed by atoms with Crippen molar-refractivity contribution in [3.63, 3.8) is 0 Å². The molecular formula is C14H19N3O2. The Hall–Kier alpha value is -1.88. The van der Waals surface area contributed by atoms with Gasteiger partial charge in [-0.15, -0.1) is 0 Å². The summed E-state index contributed by atoms with van der Waals surface area (Å²) in [4.78, 5) is 13.6. The van der Waals surface area contributed by atoms with Gasteiger partial charge in [0.1, 0.15) is 0 Å². The minimum atomic E-state index is -0.0398. The second kappa shape index (κ2) is 6.33. The molecule has 0 spiro atoms. The molecule has 0 radical (unpaired) electrons. The number of rotatable bonds is 3. The number of ether oxygens (including phenoxy) is 1. The molecule has 0 bridgehead atoms. The zero-order valence-electron chi connectivity index (χ0n) is 11.3. The molecule has 0 atom stereocenters. The van der Waals surface area contributed by atoms with Crippen molar-refractivity contribution in [3.8, 4) is 0 Å². The Bertz CT molecular complexity index is 479. The molecule has 1 N–H and O–H groups in total. The first-order chi connectivity index (χ1) is 9.16. The van der Waals surface area contributed by atoms with Crippen LogP contribution < -0.4 is 5.43 Å². The fourth-order valence-electron chi connectivity index (χ4n) is 1.98. The summed E-state index contributed by atoms with van der Waals surface area (Å²) in [5.74, 6) is 0.423. The Labute approximate surface area is 113 Å². The molecule has 1 heterocycles. The van der Waals surface area contributed by atoms with Crippen LogP contribution in [0.4, 0.5) is 5.69 Å². The number of carbonyl (C=O) groups excluding carboxylic acids is 1. The quantitative estimate of drug-likeness (QED) is 0.510. The lowest BCUT2D eigenvalue weighted by Gasteiger charge is -2.28. The SMILES string of the molecule is CC(=O)C(=NNc1cccc(C)c1)N1CCOCC1. The minimum Gasteiger partial charge on any atom is -0.378 e. The number of hydrazone groups is 1. The predicted molar refractivity (Wildman–Crippen MR) is 75.3 cm³/mol. The molecule has 0 saturated carbocycles. The summed E-state index contributed by atoms with van der Waals surface area (Å²) < 4.78 is 5.28. The Morgan fingerprint density at radius 2 is 2.11 bits per heavy atom. The third-order valence-electron chi connectivity index (χ3n) is 2.93. The van der Waals surface area contributed by atoms with Gasteiger partial charge in [-0.1, -0.05) is 12.1 Å². The summed E-state index contributed by atoms with van der Waals surface area (Å²) in [7, 11) is 0. The Morgan fingerprint density at radius 3 is 2.74 bits per heavy atom. The van der Waals surface area contributed by atoms with E-state index in [4.69, 9.17) is 4.74 Å². The van der Waals surface area contributed by atoms with E-state index in [1.165, 1.54) is 6.92 Å². The van der Waals surface area contributed by atoms with Crippen LogP contribution in [-0.4, -0.2) is 42.8 Å². The maximum Gasteiger partial charge on any atom is 0.196 e. The molecule has 1 aromatic carbocycles. The van der Waals surface area contributed by atoms with Gasteiger partial charge in [0.05, 0.1) is 18.9 Å². The maximum atomic E-state index is 11.7. The van der Waals surface area contributed by atoms with Gasteiger partial charge < -0.3 is 9.64 Å². The summed E-state index contributed by atoms with van der Waals surface area (Å²) in [6.07, 6.45) is 0. The normalized spacial score (nSPS) is 16.3. The average molecular weight is 261 g/mol. The molecule has 5 heteroatoms. The number of benzene rings is 1. The van der Waals surface area contributed by atoms with Gasteiger partial charge in [-0.2, -0.15) is 5.10 Å². The molecule has 0 aliphatic carbocycles. The Kier molecular flexibility index (Phi) is 4.52. The van der Waals surface area contributed by atoms with Crippen LogP contribution in [0.15, 0.2) is 29.4 Å². The van der Waals surface area contributed by atoms with E-state index < -0.39 is 0 Å². The van der Waals surface area contributed by atoms with Crippen molar-refractivity contribution in [3.05, 3.63) is 29.8 Å². The maximum absolute atomic E-state index is 11.7. The van der Waals surface area contributed by atoms with Crippen molar-refractivity contribution in [1.82, 2.24) is 4.90 Å². The van der Waals surface area contributed by atoms with Gasteiger partial charge in [-0.05, 0) is 24.6 Å². The van der Waals surface area contributed by atoms with Crippen molar-refractivity contribution in [2.45, 2.75) is 13.8 Å². The topological polar surface area (TPSA) is 53.9 Å². The third-order valence-corrected chi connectivity index (χ3v) is 2.93. The van der Waals surface area contributed by atoms with Crippen LogP contribution in [0.5, 0.6) is 0 Å². The van der Waals surface area contributed by atoms with Gasteiger partial charge in [0, 0.05) is 20.0 Å². The second-order valence-corrected chi connectivity index (χ2v) is 4.57. The molecule has 0 amide bonds. The lowest BCUT2D eigenvalue weighted by molar-refractivity contribution is -0.112. The van der Waals surface area contributed by atoms with Crippen LogP contribution in [0.1, 0.15) is 12.5 Å². The monoisotopic (exact) mass is 261 g/mol. The molecule has 1 aromatic rings. The summed E-state index contributed by atoms with van der Waals surface area (Å²) >= 11 is 0. The number of aryl methyl sites for hydroxylation is 1. The van der Waals surface area contributed by atoms with Crippen LogP contribution in [0.25, 0.3) is 0 Å². The molecular weight excluding hydrogens is 242 g/mol. The standard InChI is InChI=1S/C14H19N3O2/c1-11-4-3-5-13(10-11)15-16-14(12(2)18)17-6-8-19-9-7-17/h3-5,10,15H,6-9H2,1-2H3. The highest BCUT2D eigenvalue weighted by atomic mass is 16.5. The summed E-state index contributed by atoms with van der Waals surface area (Å²) in [5, 5.41) is 4.25. The van der Waals surface area contributed by atoms with Crippen molar-refractivity contribution < 1.29 is 9.53 Å². The van der Waals surface area contributed by atoms with Gasteiger partial charge in [-0.25, -0.2) is 0 Å². The van der Waals surface area contributed by atoms with Crippen molar-refractivity contribution in [2.75, 3.05) is 31.7 Å². The lowest BCUT2D eigenvalue weighted by atomic mass is 10.2. The summed E-state index contributed by atoms with van der Waals surface area (Å²) in [5.41, 5.74) is 4.98. The first kappa shape index (κ1) is 13.5. The molecule has 1 fully saturated rings. The van der Waals surface area contributed by atoms with E-state index in [9.17, 15) is 4.79 Å². The highest BCUT2D eigenvalue weighted by Gasteiger charge is 2.18. The van der Waals surface area contributed by atoms with Gasteiger partial charge >= 0.3 is 0 Å². The number of carbonyl (C=O) groups is 1. The highest BCUT2D eigenvalue weighted by Crippen LogP contribution is 2.10. The van der Waals surface area contributed by atoms with Gasteiger partial charge in [0.25, 0.3) is 0 Å². The van der Waals surface area contributed by atoms with E-state index >= 15 is 0 Å². The average Bonchev–Trinajstić information content (AvgIpc) is 2.40. The van der Waals surface area contributed by atoms with Crippen molar-refractivity contribution in [2.24, 2.45) is 5.10 Å². The molecule has 1 saturated heterocycles. The number of hydrogen-bond donors (Lipinski definition) is 1.